The summed E-state index contributed by atoms with van der Waals surface area (Å²) in [7, 11) is 0. The summed E-state index contributed by atoms with van der Waals surface area (Å²) >= 11 is 0. The minimum atomic E-state index is 0.271. The van der Waals surface area contributed by atoms with E-state index in [1.165, 1.54) is 0 Å². The summed E-state index contributed by atoms with van der Waals surface area (Å²) in [4.78, 5) is 14.7. The van der Waals surface area contributed by atoms with Gasteiger partial charge in [0, 0.05) is 16.5 Å². The van der Waals surface area contributed by atoms with Crippen LogP contribution < -0.4 is 0 Å². The molecule has 0 aliphatic carbocycles. The lowest BCUT2D eigenvalue weighted by Gasteiger charge is -2.00. The molecule has 0 amide bonds. The molecule has 1 heterocycles. The van der Waals surface area contributed by atoms with Gasteiger partial charge in [-0.25, -0.2) is 0 Å². The number of rotatable bonds is 2. The fraction of sp³-hybridized carbons (Fsp3) is 0.0556. The quantitative estimate of drug-likeness (QED) is 0.729. The van der Waals surface area contributed by atoms with Gasteiger partial charge in [0.25, 0.3) is 0 Å². The van der Waals surface area contributed by atoms with Crippen LogP contribution in [0.15, 0.2) is 36.4 Å². The molecule has 0 saturated carbocycles. The van der Waals surface area contributed by atoms with Crippen molar-refractivity contribution in [2.75, 3.05) is 0 Å². The van der Waals surface area contributed by atoms with Crippen molar-refractivity contribution in [2.24, 2.45) is 0 Å². The molecule has 22 heavy (non-hydrogen) atoms. The Balaban J connectivity index is 2.33. The number of carbonyl (C=O) groups excluding carboxylic acids is 1. The second kappa shape index (κ2) is 5.20. The van der Waals surface area contributed by atoms with Gasteiger partial charge in [-0.2, -0.15) is 10.5 Å². The number of nitrogens with one attached hydrogen (secondary N) is 1. The molecule has 4 heteroatoms. The molecule has 0 saturated heterocycles. The Kier molecular flexibility index (Phi) is 3.21. The van der Waals surface area contributed by atoms with Crippen molar-refractivity contribution >= 4 is 17.2 Å². The number of hydrogen-bond acceptors (Lipinski definition) is 3. The Morgan fingerprint density at radius 2 is 1.68 bits per heavy atom. The minimum absolute atomic E-state index is 0.271. The molecule has 3 rings (SSSR count). The van der Waals surface area contributed by atoms with Gasteiger partial charge < -0.3 is 4.98 Å². The lowest BCUT2D eigenvalue weighted by molar-refractivity contribution is 0.112. The van der Waals surface area contributed by atoms with Gasteiger partial charge in [-0.15, -0.1) is 0 Å². The molecule has 1 aromatic heterocycles. The van der Waals surface area contributed by atoms with Crippen LogP contribution in [0.5, 0.6) is 0 Å². The van der Waals surface area contributed by atoms with E-state index in [1.54, 1.807) is 12.1 Å². The van der Waals surface area contributed by atoms with E-state index in [4.69, 9.17) is 10.5 Å². The number of nitriles is 2. The lowest BCUT2D eigenvalue weighted by atomic mass is 10.0. The number of aldehydes is 1. The molecular formula is C18H11N3O. The lowest BCUT2D eigenvalue weighted by Crippen LogP contribution is -1.86. The summed E-state index contributed by atoms with van der Waals surface area (Å²) < 4.78 is 0. The van der Waals surface area contributed by atoms with Gasteiger partial charge in [-0.05, 0) is 24.6 Å². The maximum absolute atomic E-state index is 11.5. The van der Waals surface area contributed by atoms with Crippen LogP contribution in [0.3, 0.4) is 0 Å². The third-order valence-electron chi connectivity index (χ3n) is 3.68. The molecule has 0 atom stereocenters. The predicted octanol–water partition coefficient (Wildman–Crippen LogP) is 3.70. The Labute approximate surface area is 127 Å². The van der Waals surface area contributed by atoms with Crippen molar-refractivity contribution in [2.45, 2.75) is 6.92 Å². The second-order valence-electron chi connectivity index (χ2n) is 5.06. The van der Waals surface area contributed by atoms with E-state index in [9.17, 15) is 4.79 Å². The van der Waals surface area contributed by atoms with Crippen LogP contribution in [-0.2, 0) is 0 Å². The Bertz CT molecular complexity index is 967. The van der Waals surface area contributed by atoms with E-state index in [0.29, 0.717) is 27.7 Å². The average molecular weight is 285 g/mol. The summed E-state index contributed by atoms with van der Waals surface area (Å²) in [5.74, 6) is 0. The Hall–Kier alpha value is -3.37. The standard InChI is InChI=1S/C18H11N3O/c1-11-2-4-12(5-3-11)18-16(10-22)15-6-13(8-19)14(9-20)7-17(15)21-18/h2-7,10,21H,1H3. The smallest absolute Gasteiger partial charge is 0.152 e. The molecule has 0 radical (unpaired) electrons. The highest BCUT2D eigenvalue weighted by Gasteiger charge is 2.15. The fourth-order valence-corrected chi connectivity index (χ4v) is 2.52. The van der Waals surface area contributed by atoms with Crippen LogP contribution in [0.2, 0.25) is 0 Å². The van der Waals surface area contributed by atoms with E-state index in [2.05, 4.69) is 4.98 Å². The third-order valence-corrected chi connectivity index (χ3v) is 3.68. The average Bonchev–Trinajstić information content (AvgIpc) is 2.91. The molecule has 0 bridgehead atoms. The normalized spacial score (nSPS) is 10.1. The number of aromatic amines is 1. The molecule has 0 unspecified atom stereocenters. The summed E-state index contributed by atoms with van der Waals surface area (Å²) in [5, 5.41) is 18.9. The van der Waals surface area contributed by atoms with Gasteiger partial charge in [0.1, 0.15) is 12.1 Å². The SMILES string of the molecule is Cc1ccc(-c2[nH]c3cc(C#N)c(C#N)cc3c2C=O)cc1. The summed E-state index contributed by atoms with van der Waals surface area (Å²) in [5.41, 5.74) is 4.46. The van der Waals surface area contributed by atoms with Crippen LogP contribution >= 0.6 is 0 Å². The highest BCUT2D eigenvalue weighted by molar-refractivity contribution is 6.05. The van der Waals surface area contributed by atoms with Gasteiger partial charge in [-0.1, -0.05) is 29.8 Å². The van der Waals surface area contributed by atoms with E-state index in [0.717, 1.165) is 17.4 Å². The monoisotopic (exact) mass is 285 g/mol. The molecule has 4 nitrogen and oxygen atoms in total. The maximum atomic E-state index is 11.5. The second-order valence-corrected chi connectivity index (χ2v) is 5.06. The van der Waals surface area contributed by atoms with Gasteiger partial charge in [0.15, 0.2) is 6.29 Å². The van der Waals surface area contributed by atoms with E-state index in [-0.39, 0.29) is 5.56 Å². The molecule has 0 spiro atoms. The fourth-order valence-electron chi connectivity index (χ4n) is 2.52. The van der Waals surface area contributed by atoms with Gasteiger partial charge in [-0.3, -0.25) is 4.79 Å². The first-order valence-corrected chi connectivity index (χ1v) is 6.70. The number of aromatic nitrogens is 1. The van der Waals surface area contributed by atoms with Crippen LogP contribution in [0.25, 0.3) is 22.2 Å². The van der Waals surface area contributed by atoms with Crippen LogP contribution in [0.4, 0.5) is 0 Å². The minimum Gasteiger partial charge on any atom is -0.354 e. The number of H-pyrrole nitrogens is 1. The zero-order chi connectivity index (χ0) is 15.7. The van der Waals surface area contributed by atoms with Gasteiger partial charge in [0.2, 0.25) is 0 Å². The topological polar surface area (TPSA) is 80.4 Å². The molecule has 0 aliphatic rings. The zero-order valence-corrected chi connectivity index (χ0v) is 11.8. The molecule has 0 fully saturated rings. The summed E-state index contributed by atoms with van der Waals surface area (Å²) in [6.45, 7) is 1.99. The van der Waals surface area contributed by atoms with Crippen molar-refractivity contribution in [3.63, 3.8) is 0 Å². The summed E-state index contributed by atoms with van der Waals surface area (Å²) in [6, 6.07) is 15.0. The first-order chi connectivity index (χ1) is 10.7. The van der Waals surface area contributed by atoms with Gasteiger partial charge >= 0.3 is 0 Å². The number of benzene rings is 2. The predicted molar refractivity (Wildman–Crippen MR) is 83.3 cm³/mol. The van der Waals surface area contributed by atoms with Gasteiger partial charge in [0.05, 0.1) is 16.8 Å². The van der Waals surface area contributed by atoms with Crippen molar-refractivity contribution in [1.82, 2.24) is 4.98 Å². The number of aryl methyl sites for hydroxylation is 1. The van der Waals surface area contributed by atoms with E-state index >= 15 is 0 Å². The molecule has 0 aliphatic heterocycles. The molecular weight excluding hydrogens is 274 g/mol. The Morgan fingerprint density at radius 3 is 2.27 bits per heavy atom. The molecule has 104 valence electrons. The van der Waals surface area contributed by atoms with Crippen LogP contribution in [0.1, 0.15) is 27.0 Å². The number of hydrogen-bond donors (Lipinski definition) is 1. The first kappa shape index (κ1) is 13.6. The molecule has 3 aromatic rings. The van der Waals surface area contributed by atoms with Crippen LogP contribution in [0, 0.1) is 29.6 Å². The highest BCUT2D eigenvalue weighted by atomic mass is 16.1. The zero-order valence-electron chi connectivity index (χ0n) is 11.8. The third kappa shape index (κ3) is 2.04. The van der Waals surface area contributed by atoms with Crippen molar-refractivity contribution in [3.05, 3.63) is 58.7 Å². The number of carbonyl (C=O) groups is 1. The first-order valence-electron chi connectivity index (χ1n) is 6.70. The van der Waals surface area contributed by atoms with Crippen LogP contribution in [-0.4, -0.2) is 11.3 Å². The molecule has 1 N–H and O–H groups in total. The van der Waals surface area contributed by atoms with E-state index < -0.39 is 0 Å². The van der Waals surface area contributed by atoms with Crippen molar-refractivity contribution in [3.8, 4) is 23.4 Å². The van der Waals surface area contributed by atoms with Crippen molar-refractivity contribution < 1.29 is 4.79 Å². The highest BCUT2D eigenvalue weighted by Crippen LogP contribution is 2.31. The van der Waals surface area contributed by atoms with Crippen molar-refractivity contribution in [1.29, 1.82) is 10.5 Å². The number of fused-ring (bicyclic) bond motifs is 1. The molecule has 2 aromatic carbocycles. The largest absolute Gasteiger partial charge is 0.354 e. The summed E-state index contributed by atoms with van der Waals surface area (Å²) in [6.07, 6.45) is 0.779. The number of nitrogens with zero attached hydrogens (tertiary/aromatic N) is 2. The maximum Gasteiger partial charge on any atom is 0.152 e. The van der Waals surface area contributed by atoms with E-state index in [1.807, 2.05) is 43.3 Å². The Morgan fingerprint density at radius 1 is 1.05 bits per heavy atom.